The Kier molecular flexibility index (Phi) is 2.04. The smallest absolute Gasteiger partial charge is 0.336 e. The van der Waals surface area contributed by atoms with Crippen LogP contribution in [0.25, 0.3) is 10.9 Å². The average Bonchev–Trinajstić information content (AvgIpc) is 2.59. The molecular formula is C11H9NO3. The highest BCUT2D eigenvalue weighted by atomic mass is 16.4. The molecule has 0 spiro atoms. The van der Waals surface area contributed by atoms with Crippen molar-refractivity contribution in [1.29, 1.82) is 0 Å². The van der Waals surface area contributed by atoms with Crippen LogP contribution in [0.2, 0.25) is 0 Å². The van der Waals surface area contributed by atoms with Gasteiger partial charge < -0.3 is 5.11 Å². The van der Waals surface area contributed by atoms with Gasteiger partial charge in [-0.15, -0.1) is 0 Å². The van der Waals surface area contributed by atoms with E-state index in [1.807, 2.05) is 0 Å². The van der Waals surface area contributed by atoms with Crippen molar-refractivity contribution < 1.29 is 14.7 Å². The molecule has 15 heavy (non-hydrogen) atoms. The Labute approximate surface area is 85.7 Å². The molecule has 2 aromatic rings. The van der Waals surface area contributed by atoms with Crippen LogP contribution in [0.3, 0.4) is 0 Å². The Hall–Kier alpha value is -2.10. The summed E-state index contributed by atoms with van der Waals surface area (Å²) in [5.74, 6) is -1.12. The number of rotatable bonds is 1. The molecular weight excluding hydrogens is 194 g/mol. The van der Waals surface area contributed by atoms with Crippen LogP contribution in [-0.2, 0) is 0 Å². The van der Waals surface area contributed by atoms with Crippen molar-refractivity contribution in [3.63, 3.8) is 0 Å². The third kappa shape index (κ3) is 1.40. The first-order valence-corrected chi connectivity index (χ1v) is 4.45. The fourth-order valence-corrected chi connectivity index (χ4v) is 1.63. The predicted octanol–water partition coefficient (Wildman–Crippen LogP) is 2.00. The monoisotopic (exact) mass is 203 g/mol. The number of hydrogen-bond donors (Lipinski definition) is 1. The molecule has 0 saturated heterocycles. The van der Waals surface area contributed by atoms with Gasteiger partial charge in [0.15, 0.2) is 0 Å². The largest absolute Gasteiger partial charge is 0.478 e. The lowest BCUT2D eigenvalue weighted by atomic mass is 10.1. The second kappa shape index (κ2) is 3.24. The molecule has 2 rings (SSSR count). The minimum atomic E-state index is -0.984. The Morgan fingerprint density at radius 1 is 1.27 bits per heavy atom. The lowest BCUT2D eigenvalue weighted by Crippen LogP contribution is -2.03. The molecule has 0 unspecified atom stereocenters. The zero-order valence-electron chi connectivity index (χ0n) is 8.10. The van der Waals surface area contributed by atoms with Crippen LogP contribution in [0.1, 0.15) is 22.1 Å². The molecule has 0 aliphatic heterocycles. The van der Waals surface area contributed by atoms with E-state index in [0.29, 0.717) is 10.9 Å². The molecule has 0 bridgehead atoms. The molecule has 1 heterocycles. The highest BCUT2D eigenvalue weighted by Gasteiger charge is 2.11. The molecule has 4 nitrogen and oxygen atoms in total. The van der Waals surface area contributed by atoms with Gasteiger partial charge in [-0.05, 0) is 18.2 Å². The summed E-state index contributed by atoms with van der Waals surface area (Å²) in [5.41, 5.74) is 0.843. The number of carboxylic acid groups (broad SMARTS) is 1. The van der Waals surface area contributed by atoms with Gasteiger partial charge >= 0.3 is 5.97 Å². The second-order valence-electron chi connectivity index (χ2n) is 3.25. The van der Waals surface area contributed by atoms with Crippen LogP contribution in [0.4, 0.5) is 0 Å². The molecule has 0 radical (unpaired) electrons. The van der Waals surface area contributed by atoms with Crippen LogP contribution in [-0.4, -0.2) is 21.6 Å². The predicted molar refractivity (Wildman–Crippen MR) is 55.2 cm³/mol. The Morgan fingerprint density at radius 2 is 2.00 bits per heavy atom. The van der Waals surface area contributed by atoms with Crippen molar-refractivity contribution >= 4 is 22.8 Å². The number of aromatic nitrogens is 1. The summed E-state index contributed by atoms with van der Waals surface area (Å²) >= 11 is 0. The summed E-state index contributed by atoms with van der Waals surface area (Å²) in [6.07, 6.45) is 1.58. The van der Waals surface area contributed by atoms with Crippen LogP contribution in [0.15, 0.2) is 30.5 Å². The van der Waals surface area contributed by atoms with Crippen LogP contribution in [0.5, 0.6) is 0 Å². The summed E-state index contributed by atoms with van der Waals surface area (Å²) < 4.78 is 1.43. The first-order chi connectivity index (χ1) is 7.11. The maximum absolute atomic E-state index is 11.2. The summed E-state index contributed by atoms with van der Waals surface area (Å²) in [4.78, 5) is 22.1. The van der Waals surface area contributed by atoms with Gasteiger partial charge in [0.25, 0.3) is 0 Å². The Balaban J connectivity index is 2.80. The Bertz CT molecular complexity index is 554. The average molecular weight is 203 g/mol. The first-order valence-electron chi connectivity index (χ1n) is 4.45. The van der Waals surface area contributed by atoms with Gasteiger partial charge in [-0.2, -0.15) is 0 Å². The molecule has 0 atom stereocenters. The number of benzene rings is 1. The van der Waals surface area contributed by atoms with E-state index in [1.54, 1.807) is 24.4 Å². The zero-order chi connectivity index (χ0) is 11.0. The third-order valence-electron chi connectivity index (χ3n) is 2.30. The molecule has 0 aliphatic carbocycles. The van der Waals surface area contributed by atoms with Gasteiger partial charge in [-0.1, -0.05) is 6.07 Å². The molecule has 4 heteroatoms. The first kappa shape index (κ1) is 9.45. The summed E-state index contributed by atoms with van der Waals surface area (Å²) in [5, 5.41) is 9.52. The fraction of sp³-hybridized carbons (Fsp3) is 0.0909. The number of carbonyl (C=O) groups is 2. The van der Waals surface area contributed by atoms with E-state index in [9.17, 15) is 9.59 Å². The third-order valence-corrected chi connectivity index (χ3v) is 2.30. The molecule has 0 aliphatic rings. The molecule has 0 amide bonds. The van der Waals surface area contributed by atoms with E-state index in [0.717, 1.165) is 0 Å². The highest BCUT2D eigenvalue weighted by Crippen LogP contribution is 2.20. The Morgan fingerprint density at radius 3 is 2.60 bits per heavy atom. The SMILES string of the molecule is CC(=O)n1ccc2c(C(=O)O)cccc21. The maximum atomic E-state index is 11.2. The van der Waals surface area contributed by atoms with Gasteiger partial charge in [-0.3, -0.25) is 9.36 Å². The van der Waals surface area contributed by atoms with E-state index >= 15 is 0 Å². The number of nitrogens with zero attached hydrogens (tertiary/aromatic N) is 1. The lowest BCUT2D eigenvalue weighted by Gasteiger charge is -2.00. The van der Waals surface area contributed by atoms with Gasteiger partial charge in [0.05, 0.1) is 11.1 Å². The molecule has 1 aromatic heterocycles. The van der Waals surface area contributed by atoms with E-state index < -0.39 is 5.97 Å². The number of hydrogen-bond acceptors (Lipinski definition) is 2. The van der Waals surface area contributed by atoms with Crippen molar-refractivity contribution in [1.82, 2.24) is 4.57 Å². The van der Waals surface area contributed by atoms with Crippen molar-refractivity contribution in [3.8, 4) is 0 Å². The second-order valence-corrected chi connectivity index (χ2v) is 3.25. The molecule has 76 valence electrons. The summed E-state index contributed by atoms with van der Waals surface area (Å²) in [6, 6.07) is 6.52. The van der Waals surface area contributed by atoms with Gasteiger partial charge in [0, 0.05) is 18.5 Å². The van der Waals surface area contributed by atoms with Gasteiger partial charge in [-0.25, -0.2) is 4.79 Å². The van der Waals surface area contributed by atoms with Gasteiger partial charge in [0.1, 0.15) is 0 Å². The van der Waals surface area contributed by atoms with Crippen LogP contribution >= 0.6 is 0 Å². The molecule has 0 saturated carbocycles. The molecule has 1 N–H and O–H groups in total. The summed E-state index contributed by atoms with van der Waals surface area (Å²) in [6.45, 7) is 1.44. The number of aromatic carboxylic acids is 1. The number of fused-ring (bicyclic) bond motifs is 1. The standard InChI is InChI=1S/C11H9NO3/c1-7(13)12-6-5-8-9(11(14)15)3-2-4-10(8)12/h2-6H,1H3,(H,14,15). The van der Waals surface area contributed by atoms with E-state index in [1.165, 1.54) is 17.6 Å². The lowest BCUT2D eigenvalue weighted by molar-refractivity contribution is 0.0698. The fourth-order valence-electron chi connectivity index (χ4n) is 1.63. The highest BCUT2D eigenvalue weighted by molar-refractivity contribution is 6.05. The minimum absolute atomic E-state index is 0.132. The quantitative estimate of drug-likeness (QED) is 0.771. The van der Waals surface area contributed by atoms with E-state index in [-0.39, 0.29) is 11.5 Å². The molecule has 0 fully saturated rings. The van der Waals surface area contributed by atoms with E-state index in [4.69, 9.17) is 5.11 Å². The van der Waals surface area contributed by atoms with Crippen molar-refractivity contribution in [3.05, 3.63) is 36.0 Å². The minimum Gasteiger partial charge on any atom is -0.478 e. The number of carboxylic acids is 1. The normalized spacial score (nSPS) is 10.5. The zero-order valence-corrected chi connectivity index (χ0v) is 8.10. The number of carbonyl (C=O) groups excluding carboxylic acids is 1. The van der Waals surface area contributed by atoms with Crippen molar-refractivity contribution in [2.24, 2.45) is 0 Å². The van der Waals surface area contributed by atoms with Gasteiger partial charge in [0.2, 0.25) is 5.91 Å². The van der Waals surface area contributed by atoms with E-state index in [2.05, 4.69) is 0 Å². The van der Waals surface area contributed by atoms with Crippen molar-refractivity contribution in [2.75, 3.05) is 0 Å². The maximum Gasteiger partial charge on any atom is 0.336 e. The topological polar surface area (TPSA) is 59.3 Å². The molecule has 1 aromatic carbocycles. The summed E-state index contributed by atoms with van der Waals surface area (Å²) in [7, 11) is 0. The van der Waals surface area contributed by atoms with Crippen molar-refractivity contribution in [2.45, 2.75) is 6.92 Å². The van der Waals surface area contributed by atoms with Crippen LogP contribution < -0.4 is 0 Å². The van der Waals surface area contributed by atoms with Crippen LogP contribution in [0, 0.1) is 0 Å².